The Bertz CT molecular complexity index is 755. The lowest BCUT2D eigenvalue weighted by Crippen LogP contribution is -2.42. The van der Waals surface area contributed by atoms with Gasteiger partial charge in [0, 0.05) is 18.7 Å². The minimum absolute atomic E-state index is 0.128. The summed E-state index contributed by atoms with van der Waals surface area (Å²) in [5.41, 5.74) is 3.47. The van der Waals surface area contributed by atoms with Crippen LogP contribution in [0.15, 0.2) is 41.5 Å². The van der Waals surface area contributed by atoms with Crippen LogP contribution < -0.4 is 10.2 Å². The Morgan fingerprint density at radius 2 is 2.08 bits per heavy atom. The van der Waals surface area contributed by atoms with Crippen molar-refractivity contribution in [3.05, 3.63) is 42.0 Å². The number of benzene rings is 2. The summed E-state index contributed by atoms with van der Waals surface area (Å²) >= 11 is 0. The second kappa shape index (κ2) is 8.60. The van der Waals surface area contributed by atoms with Crippen LogP contribution in [0.25, 0.3) is 10.8 Å². The van der Waals surface area contributed by atoms with E-state index in [1.165, 1.54) is 0 Å². The van der Waals surface area contributed by atoms with Gasteiger partial charge in [-0.05, 0) is 23.8 Å². The Hall–Kier alpha value is -2.44. The molecule has 1 saturated heterocycles. The highest BCUT2D eigenvalue weighted by molar-refractivity contribution is 6.02. The number of rotatable bonds is 6. The molecule has 2 aromatic rings. The molecular formula is C19H23N3O3. The van der Waals surface area contributed by atoms with Crippen LogP contribution in [-0.4, -0.2) is 56.5 Å². The molecule has 2 aromatic carbocycles. The summed E-state index contributed by atoms with van der Waals surface area (Å²) in [5.74, 6) is 0.628. The van der Waals surface area contributed by atoms with E-state index in [4.69, 9.17) is 9.47 Å². The lowest BCUT2D eigenvalue weighted by Gasteiger charge is -2.25. The first-order chi connectivity index (χ1) is 12.3. The quantitative estimate of drug-likeness (QED) is 0.645. The monoisotopic (exact) mass is 341 g/mol. The highest BCUT2D eigenvalue weighted by Crippen LogP contribution is 2.26. The minimum atomic E-state index is -0.128. The number of hydrazone groups is 1. The zero-order valence-electron chi connectivity index (χ0n) is 14.4. The first-order valence-corrected chi connectivity index (χ1v) is 8.54. The van der Waals surface area contributed by atoms with Gasteiger partial charge in [0.05, 0.1) is 32.6 Å². The molecule has 25 heavy (non-hydrogen) atoms. The van der Waals surface area contributed by atoms with Gasteiger partial charge in [0.25, 0.3) is 5.91 Å². The highest BCUT2D eigenvalue weighted by Gasteiger charge is 2.13. The third-order valence-electron chi connectivity index (χ3n) is 4.08. The van der Waals surface area contributed by atoms with E-state index < -0.39 is 0 Å². The van der Waals surface area contributed by atoms with Crippen molar-refractivity contribution in [2.45, 2.75) is 6.92 Å². The molecule has 3 rings (SSSR count). The van der Waals surface area contributed by atoms with Crippen molar-refractivity contribution in [3.8, 4) is 5.75 Å². The molecule has 1 aliphatic rings. The van der Waals surface area contributed by atoms with Crippen LogP contribution in [0.2, 0.25) is 0 Å². The fourth-order valence-corrected chi connectivity index (χ4v) is 2.86. The Labute approximate surface area is 147 Å². The number of morpholine rings is 1. The Morgan fingerprint density at radius 3 is 2.88 bits per heavy atom. The van der Waals surface area contributed by atoms with Gasteiger partial charge in [-0.1, -0.05) is 30.3 Å². The lowest BCUT2D eigenvalue weighted by atomic mass is 10.0. The predicted octanol–water partition coefficient (Wildman–Crippen LogP) is 2.02. The SMILES string of the molecule is CCOc1ccc2ccccc2c1/C=N/NC(=O)CN1CCOCC1. The van der Waals surface area contributed by atoms with E-state index >= 15 is 0 Å². The Kier molecular flexibility index (Phi) is 5.98. The average Bonchev–Trinajstić information content (AvgIpc) is 2.64. The maximum Gasteiger partial charge on any atom is 0.254 e. The summed E-state index contributed by atoms with van der Waals surface area (Å²) in [6, 6.07) is 12.0. The number of hydrogen-bond donors (Lipinski definition) is 1. The van der Waals surface area contributed by atoms with Gasteiger partial charge in [-0.15, -0.1) is 0 Å². The van der Waals surface area contributed by atoms with Crippen LogP contribution in [0.1, 0.15) is 12.5 Å². The van der Waals surface area contributed by atoms with Gasteiger partial charge in [0.15, 0.2) is 0 Å². The summed E-state index contributed by atoms with van der Waals surface area (Å²) in [6.07, 6.45) is 1.66. The zero-order chi connectivity index (χ0) is 17.5. The smallest absolute Gasteiger partial charge is 0.254 e. The van der Waals surface area contributed by atoms with Gasteiger partial charge in [0.1, 0.15) is 5.75 Å². The predicted molar refractivity (Wildman–Crippen MR) is 98.1 cm³/mol. The maximum absolute atomic E-state index is 12.0. The van der Waals surface area contributed by atoms with Gasteiger partial charge < -0.3 is 9.47 Å². The van der Waals surface area contributed by atoms with E-state index in [0.717, 1.165) is 35.2 Å². The van der Waals surface area contributed by atoms with Gasteiger partial charge in [-0.2, -0.15) is 5.10 Å². The number of ether oxygens (including phenoxy) is 2. The average molecular weight is 341 g/mol. The third kappa shape index (κ3) is 4.55. The van der Waals surface area contributed by atoms with Crippen molar-refractivity contribution in [3.63, 3.8) is 0 Å². The normalized spacial score (nSPS) is 15.6. The number of hydrogen-bond acceptors (Lipinski definition) is 5. The summed E-state index contributed by atoms with van der Waals surface area (Å²) in [6.45, 7) is 5.73. The molecule has 6 heteroatoms. The van der Waals surface area contributed by atoms with E-state index in [0.29, 0.717) is 26.4 Å². The van der Waals surface area contributed by atoms with Crippen LogP contribution in [-0.2, 0) is 9.53 Å². The fraction of sp³-hybridized carbons (Fsp3) is 0.368. The van der Waals surface area contributed by atoms with Crippen molar-refractivity contribution in [2.24, 2.45) is 5.10 Å². The van der Waals surface area contributed by atoms with Gasteiger partial charge in [0.2, 0.25) is 0 Å². The molecule has 1 amide bonds. The number of fused-ring (bicyclic) bond motifs is 1. The summed E-state index contributed by atoms with van der Waals surface area (Å²) in [4.78, 5) is 14.1. The van der Waals surface area contributed by atoms with E-state index in [1.54, 1.807) is 6.21 Å². The molecule has 1 aliphatic heterocycles. The molecule has 0 aliphatic carbocycles. The molecule has 0 saturated carbocycles. The van der Waals surface area contributed by atoms with Gasteiger partial charge in [-0.3, -0.25) is 9.69 Å². The van der Waals surface area contributed by atoms with E-state index in [-0.39, 0.29) is 5.91 Å². The number of carbonyl (C=O) groups is 1. The molecule has 0 aromatic heterocycles. The Balaban J connectivity index is 1.71. The molecule has 0 unspecified atom stereocenters. The van der Waals surface area contributed by atoms with Gasteiger partial charge in [-0.25, -0.2) is 5.43 Å². The molecule has 0 bridgehead atoms. The van der Waals surface area contributed by atoms with Crippen LogP contribution in [0.3, 0.4) is 0 Å². The van der Waals surface area contributed by atoms with E-state index in [2.05, 4.69) is 15.4 Å². The van der Waals surface area contributed by atoms with E-state index in [1.807, 2.05) is 43.3 Å². The van der Waals surface area contributed by atoms with Crippen LogP contribution in [0.4, 0.5) is 0 Å². The number of amides is 1. The van der Waals surface area contributed by atoms with Crippen molar-refractivity contribution in [2.75, 3.05) is 39.5 Å². The van der Waals surface area contributed by atoms with E-state index in [9.17, 15) is 4.79 Å². The van der Waals surface area contributed by atoms with Crippen molar-refractivity contribution < 1.29 is 14.3 Å². The molecule has 132 valence electrons. The molecule has 0 spiro atoms. The molecule has 1 heterocycles. The highest BCUT2D eigenvalue weighted by atomic mass is 16.5. The number of carbonyl (C=O) groups excluding carboxylic acids is 1. The number of nitrogens with one attached hydrogen (secondary N) is 1. The topological polar surface area (TPSA) is 63.2 Å². The molecule has 0 atom stereocenters. The minimum Gasteiger partial charge on any atom is -0.493 e. The largest absolute Gasteiger partial charge is 0.493 e. The van der Waals surface area contributed by atoms with Crippen molar-refractivity contribution in [1.82, 2.24) is 10.3 Å². The standard InChI is InChI=1S/C19H23N3O3/c1-2-25-18-8-7-15-5-3-4-6-16(15)17(18)13-20-21-19(23)14-22-9-11-24-12-10-22/h3-8,13H,2,9-12,14H2,1H3,(H,21,23)/b20-13+. The fourth-order valence-electron chi connectivity index (χ4n) is 2.86. The molecule has 1 fully saturated rings. The third-order valence-corrected chi connectivity index (χ3v) is 4.08. The lowest BCUT2D eigenvalue weighted by molar-refractivity contribution is -0.123. The molecule has 1 N–H and O–H groups in total. The second-order valence-corrected chi connectivity index (χ2v) is 5.81. The van der Waals surface area contributed by atoms with Crippen LogP contribution >= 0.6 is 0 Å². The van der Waals surface area contributed by atoms with Gasteiger partial charge >= 0.3 is 0 Å². The maximum atomic E-state index is 12.0. The summed E-state index contributed by atoms with van der Waals surface area (Å²) < 4.78 is 11.0. The van der Waals surface area contributed by atoms with Crippen LogP contribution in [0, 0.1) is 0 Å². The first-order valence-electron chi connectivity index (χ1n) is 8.54. The first kappa shape index (κ1) is 17.4. The van der Waals surface area contributed by atoms with Crippen LogP contribution in [0.5, 0.6) is 5.75 Å². The van der Waals surface area contributed by atoms with Crippen molar-refractivity contribution in [1.29, 1.82) is 0 Å². The molecule has 0 radical (unpaired) electrons. The summed E-state index contributed by atoms with van der Waals surface area (Å²) in [7, 11) is 0. The second-order valence-electron chi connectivity index (χ2n) is 5.81. The Morgan fingerprint density at radius 1 is 1.28 bits per heavy atom. The van der Waals surface area contributed by atoms with Crippen molar-refractivity contribution >= 4 is 22.9 Å². The molecular weight excluding hydrogens is 318 g/mol. The zero-order valence-corrected chi connectivity index (χ0v) is 14.4. The number of nitrogens with zero attached hydrogens (tertiary/aromatic N) is 2. The summed E-state index contributed by atoms with van der Waals surface area (Å²) in [5, 5.41) is 6.28. The molecule has 6 nitrogen and oxygen atoms in total.